The van der Waals surface area contributed by atoms with E-state index < -0.39 is 0 Å². The molecule has 2 aliphatic rings. The zero-order valence-corrected chi connectivity index (χ0v) is 11.9. The minimum absolute atomic E-state index is 0.0282. The molecule has 0 unspecified atom stereocenters. The Bertz CT molecular complexity index is 560. The topological polar surface area (TPSA) is 59.1 Å². The SMILES string of the molecule is C[C@@H]1CN(C(=O)c2cccc(N3CCOC3=O)c2)CCO1. The number of amides is 2. The van der Waals surface area contributed by atoms with Gasteiger partial charge in [-0.05, 0) is 25.1 Å². The molecule has 3 rings (SSSR count). The molecule has 6 nitrogen and oxygen atoms in total. The molecule has 0 N–H and O–H groups in total. The van der Waals surface area contributed by atoms with Crippen LogP contribution in [0.5, 0.6) is 0 Å². The van der Waals surface area contributed by atoms with E-state index in [1.807, 2.05) is 13.0 Å². The second kappa shape index (κ2) is 5.73. The molecule has 2 heterocycles. The summed E-state index contributed by atoms with van der Waals surface area (Å²) in [4.78, 5) is 27.4. The van der Waals surface area contributed by atoms with Crippen molar-refractivity contribution in [3.63, 3.8) is 0 Å². The highest BCUT2D eigenvalue weighted by molar-refractivity contribution is 5.97. The normalized spacial score (nSPS) is 22.3. The van der Waals surface area contributed by atoms with Gasteiger partial charge in [-0.1, -0.05) is 6.07 Å². The average molecular weight is 290 g/mol. The van der Waals surface area contributed by atoms with E-state index >= 15 is 0 Å². The number of hydrogen-bond donors (Lipinski definition) is 0. The van der Waals surface area contributed by atoms with Crippen molar-refractivity contribution in [2.75, 3.05) is 37.7 Å². The average Bonchev–Trinajstić information content (AvgIpc) is 2.93. The van der Waals surface area contributed by atoms with E-state index in [0.717, 1.165) is 0 Å². The van der Waals surface area contributed by atoms with E-state index in [9.17, 15) is 9.59 Å². The van der Waals surface area contributed by atoms with Gasteiger partial charge in [0.1, 0.15) is 6.61 Å². The molecular formula is C15H18N2O4. The van der Waals surface area contributed by atoms with Gasteiger partial charge in [-0.2, -0.15) is 0 Å². The summed E-state index contributed by atoms with van der Waals surface area (Å²) in [5.41, 5.74) is 1.28. The second-order valence-electron chi connectivity index (χ2n) is 5.25. The minimum Gasteiger partial charge on any atom is -0.447 e. The maximum Gasteiger partial charge on any atom is 0.414 e. The highest BCUT2D eigenvalue weighted by Gasteiger charge is 2.26. The standard InChI is InChI=1S/C15H18N2O4/c1-11-10-16(5-7-20-11)14(18)12-3-2-4-13(9-12)17-6-8-21-15(17)19/h2-4,9,11H,5-8,10H2,1H3/t11-/m1/s1. The molecule has 0 aromatic heterocycles. The number of carbonyl (C=O) groups excluding carboxylic acids is 2. The first-order valence-electron chi connectivity index (χ1n) is 7.10. The van der Waals surface area contributed by atoms with Gasteiger partial charge in [-0.25, -0.2) is 4.79 Å². The van der Waals surface area contributed by atoms with Crippen LogP contribution < -0.4 is 4.90 Å². The summed E-state index contributed by atoms with van der Waals surface area (Å²) < 4.78 is 10.4. The molecule has 0 saturated carbocycles. The van der Waals surface area contributed by atoms with Crippen molar-refractivity contribution in [2.24, 2.45) is 0 Å². The molecule has 0 spiro atoms. The Morgan fingerprint density at radius 3 is 2.86 bits per heavy atom. The van der Waals surface area contributed by atoms with Crippen LogP contribution in [-0.4, -0.2) is 55.9 Å². The third-order valence-corrected chi connectivity index (χ3v) is 3.69. The van der Waals surface area contributed by atoms with Crippen LogP contribution in [0.3, 0.4) is 0 Å². The molecule has 2 saturated heterocycles. The molecule has 112 valence electrons. The van der Waals surface area contributed by atoms with Gasteiger partial charge in [0, 0.05) is 24.3 Å². The first kappa shape index (κ1) is 13.9. The first-order chi connectivity index (χ1) is 10.1. The predicted octanol–water partition coefficient (Wildman–Crippen LogP) is 1.50. The van der Waals surface area contributed by atoms with Crippen LogP contribution in [0.25, 0.3) is 0 Å². The van der Waals surface area contributed by atoms with Crippen LogP contribution >= 0.6 is 0 Å². The van der Waals surface area contributed by atoms with E-state index in [-0.39, 0.29) is 18.1 Å². The Balaban J connectivity index is 1.79. The molecule has 0 aliphatic carbocycles. The summed E-state index contributed by atoms with van der Waals surface area (Å²) in [5, 5.41) is 0. The van der Waals surface area contributed by atoms with Crippen molar-refractivity contribution in [3.05, 3.63) is 29.8 Å². The van der Waals surface area contributed by atoms with Gasteiger partial charge in [0.05, 0.1) is 19.3 Å². The Kier molecular flexibility index (Phi) is 3.79. The predicted molar refractivity (Wildman–Crippen MR) is 76.5 cm³/mol. The van der Waals surface area contributed by atoms with E-state index in [4.69, 9.17) is 9.47 Å². The fourth-order valence-corrected chi connectivity index (χ4v) is 2.62. The largest absolute Gasteiger partial charge is 0.447 e. The van der Waals surface area contributed by atoms with E-state index in [0.29, 0.717) is 44.1 Å². The third-order valence-electron chi connectivity index (χ3n) is 3.69. The number of cyclic esters (lactones) is 1. The Hall–Kier alpha value is -2.08. The highest BCUT2D eigenvalue weighted by atomic mass is 16.6. The molecule has 0 bridgehead atoms. The zero-order chi connectivity index (χ0) is 14.8. The second-order valence-corrected chi connectivity index (χ2v) is 5.25. The van der Waals surface area contributed by atoms with Gasteiger partial charge in [0.2, 0.25) is 0 Å². The third kappa shape index (κ3) is 2.85. The number of rotatable bonds is 2. The summed E-state index contributed by atoms with van der Waals surface area (Å²) in [6.45, 7) is 4.61. The lowest BCUT2D eigenvalue weighted by Crippen LogP contribution is -2.44. The number of hydrogen-bond acceptors (Lipinski definition) is 4. The number of carbonyl (C=O) groups is 2. The number of nitrogens with zero attached hydrogens (tertiary/aromatic N) is 2. The lowest BCUT2D eigenvalue weighted by molar-refractivity contribution is -0.0124. The fourth-order valence-electron chi connectivity index (χ4n) is 2.62. The number of benzene rings is 1. The van der Waals surface area contributed by atoms with Crippen LogP contribution in [-0.2, 0) is 9.47 Å². The molecule has 2 fully saturated rings. The van der Waals surface area contributed by atoms with E-state index in [2.05, 4.69) is 0 Å². The van der Waals surface area contributed by atoms with Gasteiger partial charge >= 0.3 is 6.09 Å². The molecular weight excluding hydrogens is 272 g/mol. The summed E-state index contributed by atoms with van der Waals surface area (Å²) >= 11 is 0. The van der Waals surface area contributed by atoms with Crippen LogP contribution in [0.2, 0.25) is 0 Å². The fraction of sp³-hybridized carbons (Fsp3) is 0.467. The van der Waals surface area contributed by atoms with Gasteiger partial charge in [-0.15, -0.1) is 0 Å². The lowest BCUT2D eigenvalue weighted by Gasteiger charge is -2.31. The molecule has 2 amide bonds. The quantitative estimate of drug-likeness (QED) is 0.828. The maximum absolute atomic E-state index is 12.5. The lowest BCUT2D eigenvalue weighted by atomic mass is 10.1. The monoisotopic (exact) mass is 290 g/mol. The number of anilines is 1. The maximum atomic E-state index is 12.5. The van der Waals surface area contributed by atoms with Crippen molar-refractivity contribution in [2.45, 2.75) is 13.0 Å². The molecule has 21 heavy (non-hydrogen) atoms. The summed E-state index contributed by atoms with van der Waals surface area (Å²) in [6, 6.07) is 7.12. The van der Waals surface area contributed by atoms with Crippen molar-refractivity contribution in [1.29, 1.82) is 0 Å². The Morgan fingerprint density at radius 2 is 2.14 bits per heavy atom. The molecule has 1 aromatic rings. The van der Waals surface area contributed by atoms with Crippen LogP contribution in [0, 0.1) is 0 Å². The Labute approximate surface area is 123 Å². The zero-order valence-electron chi connectivity index (χ0n) is 11.9. The van der Waals surface area contributed by atoms with Crippen molar-refractivity contribution in [1.82, 2.24) is 4.90 Å². The number of ether oxygens (including phenoxy) is 2. The summed E-state index contributed by atoms with van der Waals surface area (Å²) in [5.74, 6) is -0.0282. The van der Waals surface area contributed by atoms with Gasteiger partial charge in [0.15, 0.2) is 0 Å². The van der Waals surface area contributed by atoms with E-state index in [1.54, 1.807) is 28.0 Å². The van der Waals surface area contributed by atoms with Crippen LogP contribution in [0.1, 0.15) is 17.3 Å². The molecule has 1 aromatic carbocycles. The first-order valence-corrected chi connectivity index (χ1v) is 7.10. The molecule has 0 radical (unpaired) electrons. The summed E-state index contributed by atoms with van der Waals surface area (Å²) in [6.07, 6.45) is -0.306. The Morgan fingerprint density at radius 1 is 1.29 bits per heavy atom. The summed E-state index contributed by atoms with van der Waals surface area (Å²) in [7, 11) is 0. The number of morpholine rings is 1. The van der Waals surface area contributed by atoms with Crippen molar-refractivity contribution < 1.29 is 19.1 Å². The highest BCUT2D eigenvalue weighted by Crippen LogP contribution is 2.21. The van der Waals surface area contributed by atoms with Crippen LogP contribution in [0.4, 0.5) is 10.5 Å². The van der Waals surface area contributed by atoms with Gasteiger partial charge in [-0.3, -0.25) is 9.69 Å². The van der Waals surface area contributed by atoms with Gasteiger partial charge in [0.25, 0.3) is 5.91 Å². The minimum atomic E-state index is -0.361. The van der Waals surface area contributed by atoms with Crippen LogP contribution in [0.15, 0.2) is 24.3 Å². The van der Waals surface area contributed by atoms with Gasteiger partial charge < -0.3 is 14.4 Å². The molecule has 1 atom stereocenters. The van der Waals surface area contributed by atoms with Crippen molar-refractivity contribution in [3.8, 4) is 0 Å². The smallest absolute Gasteiger partial charge is 0.414 e. The van der Waals surface area contributed by atoms with E-state index in [1.165, 1.54) is 0 Å². The molecule has 6 heteroatoms. The van der Waals surface area contributed by atoms with Crippen molar-refractivity contribution >= 4 is 17.7 Å². The molecule has 2 aliphatic heterocycles.